The van der Waals surface area contributed by atoms with Gasteiger partial charge in [-0.15, -0.1) is 0 Å². The first-order valence-electron chi connectivity index (χ1n) is 5.64. The zero-order chi connectivity index (χ0) is 14.7. The second-order valence-electron chi connectivity index (χ2n) is 4.10. The van der Waals surface area contributed by atoms with Crippen molar-refractivity contribution in [1.29, 1.82) is 0 Å². The van der Waals surface area contributed by atoms with Gasteiger partial charge in [0, 0.05) is 9.50 Å². The summed E-state index contributed by atoms with van der Waals surface area (Å²) in [6.07, 6.45) is -0.0493. The van der Waals surface area contributed by atoms with Gasteiger partial charge in [-0.1, -0.05) is 17.7 Å². The number of carbonyl (C=O) groups is 1. The molecule has 0 saturated heterocycles. The summed E-state index contributed by atoms with van der Waals surface area (Å²) < 4.78 is 26.5. The molecule has 2 aromatic rings. The van der Waals surface area contributed by atoms with Crippen LogP contribution >= 0.6 is 27.5 Å². The first-order valence-corrected chi connectivity index (χ1v) is 6.81. The molecule has 6 heteroatoms. The molecule has 1 amide bonds. The molecule has 20 heavy (non-hydrogen) atoms. The van der Waals surface area contributed by atoms with Gasteiger partial charge in [-0.05, 0) is 51.8 Å². The molecular weight excluding hydrogens is 352 g/mol. The van der Waals surface area contributed by atoms with E-state index < -0.39 is 11.6 Å². The van der Waals surface area contributed by atoms with Crippen LogP contribution in [0.2, 0.25) is 5.02 Å². The summed E-state index contributed by atoms with van der Waals surface area (Å²) in [5.74, 6) is -2.24. The number of hydrogen-bond donors (Lipinski definition) is 1. The maximum atomic E-state index is 13.0. The zero-order valence-electron chi connectivity index (χ0n) is 10.1. The van der Waals surface area contributed by atoms with E-state index in [2.05, 4.69) is 21.2 Å². The highest BCUT2D eigenvalue weighted by atomic mass is 79.9. The van der Waals surface area contributed by atoms with E-state index in [0.29, 0.717) is 20.7 Å². The van der Waals surface area contributed by atoms with Crippen LogP contribution in [0, 0.1) is 11.6 Å². The van der Waals surface area contributed by atoms with Crippen LogP contribution in [-0.2, 0) is 11.2 Å². The number of halogens is 4. The van der Waals surface area contributed by atoms with Crippen LogP contribution in [-0.4, -0.2) is 5.91 Å². The van der Waals surface area contributed by atoms with Crippen LogP contribution in [0.15, 0.2) is 40.9 Å². The molecule has 0 atom stereocenters. The molecule has 1 N–H and O–H groups in total. The maximum Gasteiger partial charge on any atom is 0.228 e. The quantitative estimate of drug-likeness (QED) is 0.854. The summed E-state index contributed by atoms with van der Waals surface area (Å²) in [6.45, 7) is 0. The van der Waals surface area contributed by atoms with Gasteiger partial charge in [-0.2, -0.15) is 0 Å². The molecule has 0 aliphatic carbocycles. The molecule has 0 aliphatic rings. The molecule has 2 rings (SSSR count). The maximum absolute atomic E-state index is 13.0. The van der Waals surface area contributed by atoms with Gasteiger partial charge in [-0.25, -0.2) is 8.78 Å². The summed E-state index contributed by atoms with van der Waals surface area (Å²) in [6, 6.07) is 8.31. The molecule has 2 nitrogen and oxygen atoms in total. The molecular formula is C14H9BrClF2NO. The molecule has 0 radical (unpaired) electrons. The van der Waals surface area contributed by atoms with Gasteiger partial charge in [0.15, 0.2) is 11.6 Å². The molecule has 0 unspecified atom stereocenters. The van der Waals surface area contributed by atoms with Crippen LogP contribution in [0.5, 0.6) is 0 Å². The summed E-state index contributed by atoms with van der Waals surface area (Å²) >= 11 is 9.07. The Morgan fingerprint density at radius 3 is 2.55 bits per heavy atom. The van der Waals surface area contributed by atoms with E-state index in [1.807, 2.05) is 0 Å². The van der Waals surface area contributed by atoms with E-state index in [0.717, 1.165) is 12.1 Å². The molecule has 0 fully saturated rings. The first kappa shape index (κ1) is 14.9. The Balaban J connectivity index is 2.07. The normalized spacial score (nSPS) is 10.4. The molecule has 0 spiro atoms. The number of benzene rings is 2. The zero-order valence-corrected chi connectivity index (χ0v) is 12.4. The molecule has 0 heterocycles. The van der Waals surface area contributed by atoms with Crippen molar-refractivity contribution in [3.8, 4) is 0 Å². The lowest BCUT2D eigenvalue weighted by Gasteiger charge is -2.08. The van der Waals surface area contributed by atoms with Crippen molar-refractivity contribution in [3.63, 3.8) is 0 Å². The van der Waals surface area contributed by atoms with Gasteiger partial charge in [0.1, 0.15) is 0 Å². The Hall–Kier alpha value is -1.46. The Morgan fingerprint density at radius 2 is 1.90 bits per heavy atom. The van der Waals surface area contributed by atoms with Crippen LogP contribution in [0.4, 0.5) is 14.5 Å². The minimum Gasteiger partial charge on any atom is -0.325 e. The van der Waals surface area contributed by atoms with E-state index in [1.165, 1.54) is 6.07 Å². The van der Waals surface area contributed by atoms with Crippen LogP contribution in [0.3, 0.4) is 0 Å². The van der Waals surface area contributed by atoms with Crippen LogP contribution in [0.1, 0.15) is 5.56 Å². The monoisotopic (exact) mass is 359 g/mol. The summed E-state index contributed by atoms with van der Waals surface area (Å²) in [5.41, 5.74) is 0.952. The third-order valence-electron chi connectivity index (χ3n) is 2.55. The Bertz CT molecular complexity index is 664. The van der Waals surface area contributed by atoms with Crippen molar-refractivity contribution >= 4 is 39.1 Å². The number of rotatable bonds is 3. The van der Waals surface area contributed by atoms with Gasteiger partial charge < -0.3 is 5.32 Å². The number of anilines is 1. The smallest absolute Gasteiger partial charge is 0.228 e. The van der Waals surface area contributed by atoms with E-state index >= 15 is 0 Å². The third-order valence-corrected chi connectivity index (χ3v) is 3.45. The molecule has 0 aliphatic heterocycles. The summed E-state index contributed by atoms with van der Waals surface area (Å²) in [7, 11) is 0. The lowest BCUT2D eigenvalue weighted by atomic mass is 10.1. The lowest BCUT2D eigenvalue weighted by molar-refractivity contribution is -0.115. The minimum absolute atomic E-state index is 0.0493. The second-order valence-corrected chi connectivity index (χ2v) is 5.39. The third kappa shape index (κ3) is 3.77. The van der Waals surface area contributed by atoms with Gasteiger partial charge >= 0.3 is 0 Å². The van der Waals surface area contributed by atoms with Crippen molar-refractivity contribution in [2.24, 2.45) is 0 Å². The minimum atomic E-state index is -0.969. The van der Waals surface area contributed by atoms with E-state index in [1.54, 1.807) is 18.2 Å². The van der Waals surface area contributed by atoms with Crippen molar-refractivity contribution in [2.75, 3.05) is 5.32 Å². The standard InChI is InChI=1S/C14H9BrClF2NO/c15-10-7-9(16)2-4-13(10)19-14(20)6-8-1-3-11(17)12(18)5-8/h1-5,7H,6H2,(H,19,20). The SMILES string of the molecule is O=C(Cc1ccc(F)c(F)c1)Nc1ccc(Cl)cc1Br. The Kier molecular flexibility index (Phi) is 4.73. The second kappa shape index (κ2) is 6.33. The molecule has 0 aromatic heterocycles. The number of nitrogens with one attached hydrogen (secondary N) is 1. The lowest BCUT2D eigenvalue weighted by Crippen LogP contribution is -2.14. The van der Waals surface area contributed by atoms with E-state index in [9.17, 15) is 13.6 Å². The highest BCUT2D eigenvalue weighted by Gasteiger charge is 2.09. The highest BCUT2D eigenvalue weighted by molar-refractivity contribution is 9.10. The van der Waals surface area contributed by atoms with Crippen LogP contribution in [0.25, 0.3) is 0 Å². The van der Waals surface area contributed by atoms with E-state index in [4.69, 9.17) is 11.6 Å². The Morgan fingerprint density at radius 1 is 1.15 bits per heavy atom. The van der Waals surface area contributed by atoms with Crippen molar-refractivity contribution < 1.29 is 13.6 Å². The van der Waals surface area contributed by atoms with Crippen molar-refractivity contribution in [1.82, 2.24) is 0 Å². The fourth-order valence-electron chi connectivity index (χ4n) is 1.62. The summed E-state index contributed by atoms with van der Waals surface area (Å²) in [4.78, 5) is 11.8. The first-order chi connectivity index (χ1) is 9.45. The van der Waals surface area contributed by atoms with Crippen molar-refractivity contribution in [3.05, 3.63) is 63.1 Å². The molecule has 0 saturated carbocycles. The summed E-state index contributed by atoms with van der Waals surface area (Å²) in [5, 5.41) is 3.20. The highest BCUT2D eigenvalue weighted by Crippen LogP contribution is 2.26. The molecule has 104 valence electrons. The fraction of sp³-hybridized carbons (Fsp3) is 0.0714. The Labute approximate surface area is 127 Å². The average molecular weight is 361 g/mol. The predicted octanol–water partition coefficient (Wildman–Crippen LogP) is 4.56. The molecule has 0 bridgehead atoms. The van der Waals surface area contributed by atoms with Gasteiger partial charge in [-0.3, -0.25) is 4.79 Å². The largest absolute Gasteiger partial charge is 0.325 e. The van der Waals surface area contributed by atoms with Crippen molar-refractivity contribution in [2.45, 2.75) is 6.42 Å². The topological polar surface area (TPSA) is 29.1 Å². The van der Waals surface area contributed by atoms with Gasteiger partial charge in [0.2, 0.25) is 5.91 Å². The van der Waals surface area contributed by atoms with E-state index in [-0.39, 0.29) is 12.3 Å². The van der Waals surface area contributed by atoms with Crippen LogP contribution < -0.4 is 5.32 Å². The fourth-order valence-corrected chi connectivity index (χ4v) is 2.40. The molecule has 2 aromatic carbocycles. The number of amides is 1. The van der Waals surface area contributed by atoms with Gasteiger partial charge in [0.05, 0.1) is 12.1 Å². The average Bonchev–Trinajstić information content (AvgIpc) is 2.37. The predicted molar refractivity (Wildman–Crippen MR) is 77.8 cm³/mol. The van der Waals surface area contributed by atoms with Gasteiger partial charge in [0.25, 0.3) is 0 Å². The number of hydrogen-bond acceptors (Lipinski definition) is 1. The number of carbonyl (C=O) groups excluding carboxylic acids is 1.